The van der Waals surface area contributed by atoms with Gasteiger partial charge in [0, 0.05) is 0 Å². The Morgan fingerprint density at radius 2 is 1.89 bits per heavy atom. The summed E-state index contributed by atoms with van der Waals surface area (Å²) in [4.78, 5) is 12.9. The fourth-order valence-electron chi connectivity index (χ4n) is 3.38. The molecule has 2 aromatic rings. The minimum absolute atomic E-state index is 0.0164. The number of hydrogen-bond acceptors (Lipinski definition) is 4. The maximum atomic E-state index is 12.9. The molecule has 0 bridgehead atoms. The molecule has 1 aromatic carbocycles. The molecule has 1 N–H and O–H groups in total. The van der Waals surface area contributed by atoms with E-state index in [0.717, 1.165) is 28.5 Å². The standard InChI is InChI=1S/C21H28ClN3O3/c1-12(2)20(16-6-7-17-18(10-16)28-9-8-27-17)23-21(26)13(3)11-25-15(5)19(22)14(4)24-25/h6-7,10,12-13,20H,8-9,11H2,1-5H3,(H,23,26)/t13-,20-/m0/s1. The summed E-state index contributed by atoms with van der Waals surface area (Å²) in [5.41, 5.74) is 2.67. The molecule has 0 radical (unpaired) electrons. The van der Waals surface area contributed by atoms with Gasteiger partial charge in [-0.25, -0.2) is 0 Å². The van der Waals surface area contributed by atoms with Gasteiger partial charge in [-0.3, -0.25) is 9.48 Å². The van der Waals surface area contributed by atoms with Gasteiger partial charge in [0.15, 0.2) is 11.5 Å². The minimum atomic E-state index is -0.243. The number of nitrogens with zero attached hydrogens (tertiary/aromatic N) is 2. The van der Waals surface area contributed by atoms with Crippen LogP contribution in [0.2, 0.25) is 5.02 Å². The van der Waals surface area contributed by atoms with Gasteiger partial charge in [0.2, 0.25) is 5.91 Å². The molecule has 2 atom stereocenters. The van der Waals surface area contributed by atoms with Gasteiger partial charge in [-0.05, 0) is 37.5 Å². The zero-order valence-corrected chi connectivity index (χ0v) is 17.8. The van der Waals surface area contributed by atoms with Crippen LogP contribution in [0.3, 0.4) is 0 Å². The van der Waals surface area contributed by atoms with Crippen LogP contribution in [0.1, 0.15) is 43.8 Å². The van der Waals surface area contributed by atoms with Crippen molar-refractivity contribution in [2.75, 3.05) is 13.2 Å². The molecule has 1 aliphatic heterocycles. The van der Waals surface area contributed by atoms with Crippen molar-refractivity contribution < 1.29 is 14.3 Å². The lowest BCUT2D eigenvalue weighted by atomic mass is 9.94. The summed E-state index contributed by atoms with van der Waals surface area (Å²) in [6, 6.07) is 5.75. The molecule has 0 aliphatic carbocycles. The number of ether oxygens (including phenoxy) is 2. The van der Waals surface area contributed by atoms with Crippen LogP contribution in [0, 0.1) is 25.7 Å². The predicted octanol–water partition coefficient (Wildman–Crippen LogP) is 4.07. The molecule has 0 saturated heterocycles. The third-order valence-electron chi connectivity index (χ3n) is 5.08. The molecule has 28 heavy (non-hydrogen) atoms. The number of aromatic nitrogens is 2. The van der Waals surface area contributed by atoms with E-state index in [0.29, 0.717) is 24.8 Å². The molecule has 0 fully saturated rings. The lowest BCUT2D eigenvalue weighted by Gasteiger charge is -2.26. The Labute approximate surface area is 171 Å². The highest BCUT2D eigenvalue weighted by molar-refractivity contribution is 6.31. The van der Waals surface area contributed by atoms with Gasteiger partial charge in [-0.2, -0.15) is 5.10 Å². The maximum Gasteiger partial charge on any atom is 0.225 e. The second-order valence-electron chi connectivity index (χ2n) is 7.70. The number of nitrogens with one attached hydrogen (secondary N) is 1. The topological polar surface area (TPSA) is 65.4 Å². The third kappa shape index (κ3) is 4.27. The number of rotatable bonds is 6. The number of amides is 1. The normalized spacial score (nSPS) is 15.4. The Kier molecular flexibility index (Phi) is 6.18. The molecule has 1 amide bonds. The fraction of sp³-hybridized carbons (Fsp3) is 0.524. The van der Waals surface area contributed by atoms with E-state index in [4.69, 9.17) is 21.1 Å². The summed E-state index contributed by atoms with van der Waals surface area (Å²) in [5, 5.41) is 8.27. The van der Waals surface area contributed by atoms with E-state index in [2.05, 4.69) is 24.3 Å². The van der Waals surface area contributed by atoms with Crippen LogP contribution < -0.4 is 14.8 Å². The van der Waals surface area contributed by atoms with Crippen molar-refractivity contribution in [1.29, 1.82) is 0 Å². The number of halogens is 1. The van der Waals surface area contributed by atoms with Crippen molar-refractivity contribution in [2.45, 2.75) is 47.2 Å². The van der Waals surface area contributed by atoms with Crippen molar-refractivity contribution in [3.8, 4) is 11.5 Å². The van der Waals surface area contributed by atoms with Crippen molar-refractivity contribution in [2.24, 2.45) is 11.8 Å². The molecule has 6 nitrogen and oxygen atoms in total. The predicted molar refractivity (Wildman–Crippen MR) is 109 cm³/mol. The summed E-state index contributed by atoms with van der Waals surface area (Å²) in [6.45, 7) is 11.5. The molecule has 1 aromatic heterocycles. The molecule has 152 valence electrons. The molecule has 3 rings (SSSR count). The van der Waals surface area contributed by atoms with E-state index in [1.807, 2.05) is 39.0 Å². The Balaban J connectivity index is 1.73. The molecular weight excluding hydrogens is 378 g/mol. The zero-order chi connectivity index (χ0) is 20.4. The molecular formula is C21H28ClN3O3. The van der Waals surface area contributed by atoms with Crippen molar-refractivity contribution in [1.82, 2.24) is 15.1 Å². The summed E-state index contributed by atoms with van der Waals surface area (Å²) < 4.78 is 13.1. The second kappa shape index (κ2) is 8.43. The van der Waals surface area contributed by atoms with Gasteiger partial charge in [-0.1, -0.05) is 38.4 Å². The van der Waals surface area contributed by atoms with Crippen LogP contribution in [-0.4, -0.2) is 28.9 Å². The SMILES string of the molecule is Cc1nn(C[C@H](C)C(=O)N[C@H](c2ccc3c(c2)OCCO3)C(C)C)c(C)c1Cl. The molecule has 1 aliphatic rings. The lowest BCUT2D eigenvalue weighted by Crippen LogP contribution is -2.37. The van der Waals surface area contributed by atoms with E-state index in [-0.39, 0.29) is 23.8 Å². The van der Waals surface area contributed by atoms with Crippen LogP contribution in [-0.2, 0) is 11.3 Å². The van der Waals surface area contributed by atoms with Crippen LogP contribution in [0.15, 0.2) is 18.2 Å². The molecule has 0 unspecified atom stereocenters. The second-order valence-corrected chi connectivity index (χ2v) is 8.08. The number of fused-ring (bicyclic) bond motifs is 1. The number of hydrogen-bond donors (Lipinski definition) is 1. The monoisotopic (exact) mass is 405 g/mol. The first-order valence-corrected chi connectivity index (χ1v) is 10.0. The maximum absolute atomic E-state index is 12.9. The molecule has 2 heterocycles. The first-order chi connectivity index (χ1) is 13.3. The van der Waals surface area contributed by atoms with Gasteiger partial charge in [0.1, 0.15) is 13.2 Å². The smallest absolute Gasteiger partial charge is 0.225 e. The zero-order valence-electron chi connectivity index (χ0n) is 17.1. The van der Waals surface area contributed by atoms with Crippen LogP contribution >= 0.6 is 11.6 Å². The molecule has 0 spiro atoms. The highest BCUT2D eigenvalue weighted by Gasteiger charge is 2.24. The van der Waals surface area contributed by atoms with E-state index in [1.165, 1.54) is 0 Å². The Morgan fingerprint density at radius 3 is 2.50 bits per heavy atom. The number of aryl methyl sites for hydroxylation is 1. The van der Waals surface area contributed by atoms with Gasteiger partial charge >= 0.3 is 0 Å². The van der Waals surface area contributed by atoms with Crippen molar-refractivity contribution in [3.05, 3.63) is 40.2 Å². The fourth-order valence-corrected chi connectivity index (χ4v) is 3.51. The summed E-state index contributed by atoms with van der Waals surface area (Å²) >= 11 is 6.22. The lowest BCUT2D eigenvalue weighted by molar-refractivity contribution is -0.126. The van der Waals surface area contributed by atoms with Gasteiger partial charge in [-0.15, -0.1) is 0 Å². The van der Waals surface area contributed by atoms with E-state index in [1.54, 1.807) is 4.68 Å². The first kappa shape index (κ1) is 20.5. The van der Waals surface area contributed by atoms with Crippen LogP contribution in [0.5, 0.6) is 11.5 Å². The number of carbonyl (C=O) groups is 1. The summed E-state index contributed by atoms with van der Waals surface area (Å²) in [6.07, 6.45) is 0. The van der Waals surface area contributed by atoms with E-state index >= 15 is 0 Å². The van der Waals surface area contributed by atoms with Crippen LogP contribution in [0.25, 0.3) is 0 Å². The van der Waals surface area contributed by atoms with E-state index in [9.17, 15) is 4.79 Å². The molecule has 0 saturated carbocycles. The first-order valence-electron chi connectivity index (χ1n) is 9.67. The number of benzene rings is 1. The average Bonchev–Trinajstić information content (AvgIpc) is 2.91. The quantitative estimate of drug-likeness (QED) is 0.786. The third-order valence-corrected chi connectivity index (χ3v) is 5.62. The minimum Gasteiger partial charge on any atom is -0.486 e. The van der Waals surface area contributed by atoms with E-state index < -0.39 is 0 Å². The Hall–Kier alpha value is -2.21. The van der Waals surface area contributed by atoms with Crippen molar-refractivity contribution in [3.63, 3.8) is 0 Å². The van der Waals surface area contributed by atoms with Gasteiger partial charge < -0.3 is 14.8 Å². The Bertz CT molecular complexity index is 863. The Morgan fingerprint density at radius 1 is 1.21 bits per heavy atom. The van der Waals surface area contributed by atoms with Gasteiger partial charge in [0.25, 0.3) is 0 Å². The van der Waals surface area contributed by atoms with Crippen LogP contribution in [0.4, 0.5) is 0 Å². The van der Waals surface area contributed by atoms with Gasteiger partial charge in [0.05, 0.1) is 34.9 Å². The highest BCUT2D eigenvalue weighted by Crippen LogP contribution is 2.34. The highest BCUT2D eigenvalue weighted by atomic mass is 35.5. The molecule has 7 heteroatoms. The largest absolute Gasteiger partial charge is 0.486 e. The summed E-state index contributed by atoms with van der Waals surface area (Å²) in [5.74, 6) is 1.44. The number of carbonyl (C=O) groups excluding carboxylic acids is 1. The summed E-state index contributed by atoms with van der Waals surface area (Å²) in [7, 11) is 0. The average molecular weight is 406 g/mol. The van der Waals surface area contributed by atoms with Crippen molar-refractivity contribution >= 4 is 17.5 Å².